The fourth-order valence-corrected chi connectivity index (χ4v) is 3.24. The molecule has 0 saturated heterocycles. The molecule has 0 bridgehead atoms. The summed E-state index contributed by atoms with van der Waals surface area (Å²) >= 11 is 0. The van der Waals surface area contributed by atoms with Crippen LogP contribution in [0.1, 0.15) is 58.7 Å². The van der Waals surface area contributed by atoms with Gasteiger partial charge in [0.15, 0.2) is 0 Å². The number of terminal acetylenes is 1. The van der Waals surface area contributed by atoms with E-state index in [1.54, 1.807) is 65.8 Å². The average Bonchev–Trinajstić information content (AvgIpc) is 2.76. The van der Waals surface area contributed by atoms with Gasteiger partial charge in [0.05, 0.1) is 13.7 Å². The first-order chi connectivity index (χ1) is 16.2. The predicted octanol–water partition coefficient (Wildman–Crippen LogP) is 1.51. The van der Waals surface area contributed by atoms with Crippen LogP contribution in [0.4, 0.5) is 4.79 Å². The van der Waals surface area contributed by atoms with Crippen LogP contribution >= 0.6 is 0 Å². The van der Waals surface area contributed by atoms with Gasteiger partial charge in [0, 0.05) is 11.1 Å². The number of hydrogen-bond donors (Lipinski definition) is 3. The topological polar surface area (TPSA) is 134 Å². The van der Waals surface area contributed by atoms with E-state index in [1.807, 2.05) is 0 Å². The molecule has 0 aliphatic heterocycles. The number of rotatable bonds is 8. The van der Waals surface area contributed by atoms with Gasteiger partial charge in [-0.25, -0.2) is 4.79 Å². The van der Waals surface area contributed by atoms with Crippen molar-refractivity contribution in [3.05, 3.63) is 35.4 Å². The first kappa shape index (κ1) is 29.5. The van der Waals surface area contributed by atoms with E-state index in [-0.39, 0.29) is 0 Å². The molecule has 3 N–H and O–H groups in total. The van der Waals surface area contributed by atoms with Crippen LogP contribution in [0.5, 0.6) is 0 Å². The molecule has 0 fully saturated rings. The quantitative estimate of drug-likeness (QED) is 0.372. The summed E-state index contributed by atoms with van der Waals surface area (Å²) in [6.07, 6.45) is 4.75. The number of ether oxygens (including phenoxy) is 2. The lowest BCUT2D eigenvalue weighted by molar-refractivity contribution is -0.150. The van der Waals surface area contributed by atoms with Crippen LogP contribution in [0.15, 0.2) is 24.3 Å². The van der Waals surface area contributed by atoms with Gasteiger partial charge in [0.1, 0.15) is 24.2 Å². The van der Waals surface area contributed by atoms with Crippen molar-refractivity contribution < 1.29 is 33.8 Å². The number of methoxy groups -OCH3 is 1. The maximum atomic E-state index is 13.7. The van der Waals surface area contributed by atoms with Gasteiger partial charge >= 0.3 is 12.1 Å². The Balaban J connectivity index is 3.55. The summed E-state index contributed by atoms with van der Waals surface area (Å²) in [6.45, 7) is 8.84. The second-order valence-electron chi connectivity index (χ2n) is 9.69. The van der Waals surface area contributed by atoms with Gasteiger partial charge in [-0.05, 0) is 53.2 Å². The lowest BCUT2D eigenvalue weighted by Gasteiger charge is -2.43. The Hall–Kier alpha value is -3.58. The summed E-state index contributed by atoms with van der Waals surface area (Å²) in [7, 11) is 1.18. The normalized spacial score (nSPS) is 13.0. The van der Waals surface area contributed by atoms with Crippen LogP contribution in [0.3, 0.4) is 0 Å². The monoisotopic (exact) mass is 489 g/mol. The smallest absolute Gasteiger partial charge is 0.408 e. The van der Waals surface area contributed by atoms with Crippen molar-refractivity contribution >= 4 is 23.9 Å². The minimum Gasteiger partial charge on any atom is -0.468 e. The lowest BCUT2D eigenvalue weighted by Crippen LogP contribution is -2.59. The van der Waals surface area contributed by atoms with E-state index in [4.69, 9.17) is 11.2 Å². The molecule has 0 aliphatic carbocycles. The van der Waals surface area contributed by atoms with Crippen LogP contribution in [-0.4, -0.2) is 71.3 Å². The summed E-state index contributed by atoms with van der Waals surface area (Å²) in [5.41, 5.74) is -1.14. The van der Waals surface area contributed by atoms with Crippen molar-refractivity contribution in [2.75, 3.05) is 20.3 Å². The molecule has 1 aromatic rings. The molecule has 1 rings (SSSR count). The minimum atomic E-state index is -1.42. The molecule has 10 nitrogen and oxygen atoms in total. The van der Waals surface area contributed by atoms with Crippen molar-refractivity contribution in [3.8, 4) is 12.3 Å². The molecular formula is C25H35N3O7. The molecule has 3 amide bonds. The Morgan fingerprint density at radius 1 is 1.11 bits per heavy atom. The number of nitrogens with zero attached hydrogens (tertiary/aromatic N) is 1. The molecule has 2 unspecified atom stereocenters. The zero-order valence-electron chi connectivity index (χ0n) is 21.3. The average molecular weight is 490 g/mol. The zero-order valence-corrected chi connectivity index (χ0v) is 21.3. The van der Waals surface area contributed by atoms with Gasteiger partial charge in [-0.15, -0.1) is 6.42 Å². The minimum absolute atomic E-state index is 0.328. The summed E-state index contributed by atoms with van der Waals surface area (Å²) in [4.78, 5) is 52.3. The third kappa shape index (κ3) is 8.61. The van der Waals surface area contributed by atoms with Gasteiger partial charge in [0.25, 0.3) is 0 Å². The van der Waals surface area contributed by atoms with Gasteiger partial charge in [-0.1, -0.05) is 24.1 Å². The van der Waals surface area contributed by atoms with Crippen LogP contribution in [0.2, 0.25) is 0 Å². The summed E-state index contributed by atoms with van der Waals surface area (Å²) < 4.78 is 9.79. The first-order valence-corrected chi connectivity index (χ1v) is 11.0. The number of benzene rings is 1. The van der Waals surface area contributed by atoms with E-state index in [0.29, 0.717) is 11.1 Å². The number of aliphatic hydroxyl groups is 1. The fraction of sp³-hybridized carbons (Fsp3) is 0.520. The molecule has 0 heterocycles. The molecule has 10 heteroatoms. The van der Waals surface area contributed by atoms with E-state index in [9.17, 15) is 24.3 Å². The molecule has 0 spiro atoms. The Morgan fingerprint density at radius 3 is 2.20 bits per heavy atom. The molecule has 0 aromatic heterocycles. The standard InChI is InChI=1S/C25H35N3O7/c1-9-16-12-10-11-13-17(16)20(21(31)26-14-19(30)34-8)28(24(2,3)4)22(32)18(15-29)27-23(33)35-25(5,6)7/h1,10-13,18,20,29H,14-15H2,2-8H3,(H,26,31)(H,27,33). The number of hydrogen-bond acceptors (Lipinski definition) is 7. The molecular weight excluding hydrogens is 454 g/mol. The molecule has 0 radical (unpaired) electrons. The number of carbonyl (C=O) groups is 4. The van der Waals surface area contributed by atoms with Crippen molar-refractivity contribution in [2.24, 2.45) is 0 Å². The largest absolute Gasteiger partial charge is 0.468 e. The maximum absolute atomic E-state index is 13.7. The van der Waals surface area contributed by atoms with Crippen LogP contribution in [0, 0.1) is 12.3 Å². The molecule has 2 atom stereocenters. The van der Waals surface area contributed by atoms with Gasteiger partial charge in [0.2, 0.25) is 11.8 Å². The SMILES string of the molecule is C#Cc1ccccc1C(C(=O)NCC(=O)OC)N(C(=O)C(CO)NC(=O)OC(C)(C)C)C(C)(C)C. The number of nitrogens with one attached hydrogen (secondary N) is 2. The van der Waals surface area contributed by atoms with Crippen molar-refractivity contribution in [1.29, 1.82) is 0 Å². The Bertz CT molecular complexity index is 970. The predicted molar refractivity (Wildman–Crippen MR) is 129 cm³/mol. The van der Waals surface area contributed by atoms with Crippen LogP contribution < -0.4 is 10.6 Å². The van der Waals surface area contributed by atoms with Gasteiger partial charge in [-0.3, -0.25) is 14.4 Å². The first-order valence-electron chi connectivity index (χ1n) is 11.0. The second kappa shape index (κ2) is 12.2. The van der Waals surface area contributed by atoms with Crippen molar-refractivity contribution in [2.45, 2.75) is 64.8 Å². The number of amides is 3. The highest BCUT2D eigenvalue weighted by molar-refractivity contribution is 5.94. The van der Waals surface area contributed by atoms with E-state index in [1.165, 1.54) is 12.0 Å². The van der Waals surface area contributed by atoms with Gasteiger partial charge in [-0.2, -0.15) is 0 Å². The van der Waals surface area contributed by atoms with Crippen molar-refractivity contribution in [1.82, 2.24) is 15.5 Å². The van der Waals surface area contributed by atoms with E-state index in [0.717, 1.165) is 0 Å². The molecule has 35 heavy (non-hydrogen) atoms. The Morgan fingerprint density at radius 2 is 1.71 bits per heavy atom. The number of carbonyl (C=O) groups excluding carboxylic acids is 4. The third-order valence-electron chi connectivity index (χ3n) is 4.68. The second-order valence-corrected chi connectivity index (χ2v) is 9.69. The maximum Gasteiger partial charge on any atom is 0.408 e. The van der Waals surface area contributed by atoms with E-state index < -0.39 is 60.3 Å². The number of alkyl carbamates (subject to hydrolysis) is 1. The molecule has 0 saturated carbocycles. The Kier molecular flexibility index (Phi) is 10.3. The molecule has 1 aromatic carbocycles. The molecule has 192 valence electrons. The Labute approximate surface area is 206 Å². The third-order valence-corrected chi connectivity index (χ3v) is 4.68. The highest BCUT2D eigenvalue weighted by Crippen LogP contribution is 2.31. The summed E-state index contributed by atoms with van der Waals surface area (Å²) in [5, 5.41) is 14.8. The van der Waals surface area contributed by atoms with Crippen LogP contribution in [-0.2, 0) is 23.9 Å². The molecule has 0 aliphatic rings. The van der Waals surface area contributed by atoms with E-state index in [2.05, 4.69) is 21.3 Å². The fourth-order valence-electron chi connectivity index (χ4n) is 3.24. The van der Waals surface area contributed by atoms with E-state index >= 15 is 0 Å². The summed E-state index contributed by atoms with van der Waals surface area (Å²) in [5.74, 6) is 0.368. The van der Waals surface area contributed by atoms with Crippen molar-refractivity contribution in [3.63, 3.8) is 0 Å². The number of esters is 1. The zero-order chi connectivity index (χ0) is 27.0. The summed E-state index contributed by atoms with van der Waals surface area (Å²) in [6, 6.07) is 3.84. The highest BCUT2D eigenvalue weighted by atomic mass is 16.6. The lowest BCUT2D eigenvalue weighted by atomic mass is 9.92. The van der Waals surface area contributed by atoms with Crippen LogP contribution in [0.25, 0.3) is 0 Å². The number of aliphatic hydroxyl groups excluding tert-OH is 1. The highest BCUT2D eigenvalue weighted by Gasteiger charge is 2.42. The van der Waals surface area contributed by atoms with Gasteiger partial charge < -0.3 is 30.1 Å².